The van der Waals surface area contributed by atoms with Crippen molar-refractivity contribution < 1.29 is 14.6 Å². The number of aliphatic hydroxyl groups excluding tert-OH is 1. The number of aliphatic hydroxyl groups is 1. The molecule has 1 heterocycles. The zero-order valence-electron chi connectivity index (χ0n) is 21.3. The molecule has 0 spiro atoms. The average molecular weight is 486 g/mol. The van der Waals surface area contributed by atoms with Crippen LogP contribution in [0.1, 0.15) is 24.5 Å². The first-order valence-electron chi connectivity index (χ1n) is 12.4. The molecule has 6 heteroatoms. The van der Waals surface area contributed by atoms with Crippen molar-refractivity contribution >= 4 is 0 Å². The number of hydrogen-bond donors (Lipinski definition) is 1. The molecule has 3 aromatic carbocycles. The van der Waals surface area contributed by atoms with E-state index in [2.05, 4.69) is 36.1 Å². The zero-order chi connectivity index (χ0) is 25.3. The van der Waals surface area contributed by atoms with Gasteiger partial charge in [0.2, 0.25) is 5.88 Å². The maximum absolute atomic E-state index is 10.9. The Morgan fingerprint density at radius 1 is 0.944 bits per heavy atom. The topological polar surface area (TPSA) is 59.8 Å². The van der Waals surface area contributed by atoms with Crippen LogP contribution in [0.25, 0.3) is 11.3 Å². The number of methoxy groups -OCH3 is 1. The van der Waals surface area contributed by atoms with Gasteiger partial charge in [-0.1, -0.05) is 73.7 Å². The van der Waals surface area contributed by atoms with Crippen LogP contribution in [-0.2, 0) is 20.0 Å². The molecule has 188 valence electrons. The van der Waals surface area contributed by atoms with Crippen molar-refractivity contribution in [3.05, 3.63) is 96.1 Å². The molecule has 0 bridgehead atoms. The number of hydrogen-bond acceptors (Lipinski definition) is 5. The van der Waals surface area contributed by atoms with E-state index in [-0.39, 0.29) is 0 Å². The number of benzene rings is 3. The van der Waals surface area contributed by atoms with Gasteiger partial charge in [0.25, 0.3) is 0 Å². The number of rotatable bonds is 12. The Hall–Kier alpha value is -3.61. The molecule has 1 N–H and O–H groups in total. The minimum atomic E-state index is -0.474. The Bertz CT molecular complexity index is 1220. The van der Waals surface area contributed by atoms with Crippen LogP contribution in [0.4, 0.5) is 0 Å². The highest BCUT2D eigenvalue weighted by Gasteiger charge is 2.23. The normalized spacial score (nSPS) is 12.0. The minimum absolute atomic E-state index is 0.474. The summed E-state index contributed by atoms with van der Waals surface area (Å²) in [4.78, 5) is 2.29. The summed E-state index contributed by atoms with van der Waals surface area (Å²) in [5.41, 5.74) is 4.04. The third-order valence-electron chi connectivity index (χ3n) is 6.10. The van der Waals surface area contributed by atoms with Gasteiger partial charge in [-0.15, -0.1) is 0 Å². The predicted molar refractivity (Wildman–Crippen MR) is 143 cm³/mol. The molecule has 1 aromatic heterocycles. The monoisotopic (exact) mass is 485 g/mol. The Morgan fingerprint density at radius 3 is 2.33 bits per heavy atom. The highest BCUT2D eigenvalue weighted by Crippen LogP contribution is 2.35. The van der Waals surface area contributed by atoms with E-state index in [1.807, 2.05) is 67.7 Å². The molecule has 0 unspecified atom stereocenters. The largest absolute Gasteiger partial charge is 0.497 e. The number of nitrogens with zero attached hydrogens (tertiary/aromatic N) is 3. The quantitative estimate of drug-likeness (QED) is 0.279. The van der Waals surface area contributed by atoms with Crippen molar-refractivity contribution in [1.82, 2.24) is 14.7 Å². The first kappa shape index (κ1) is 25.5. The number of aromatic nitrogens is 2. The molecule has 0 amide bonds. The van der Waals surface area contributed by atoms with Gasteiger partial charge in [-0.3, -0.25) is 4.90 Å². The minimum Gasteiger partial charge on any atom is -0.497 e. The first-order valence-corrected chi connectivity index (χ1v) is 12.4. The van der Waals surface area contributed by atoms with Crippen LogP contribution in [0.5, 0.6) is 17.4 Å². The summed E-state index contributed by atoms with van der Waals surface area (Å²) in [5.74, 6) is 2.10. The van der Waals surface area contributed by atoms with Gasteiger partial charge in [-0.05, 0) is 37.1 Å². The summed E-state index contributed by atoms with van der Waals surface area (Å²) in [5, 5.41) is 15.8. The van der Waals surface area contributed by atoms with Gasteiger partial charge in [-0.25, -0.2) is 4.68 Å². The SMILES string of the molecule is CCCN(Cc1c(-c2ccccc2)nn(C)c1Oc1cccc(OC)c1)C[C@@H](O)Cc1ccccc1. The van der Waals surface area contributed by atoms with Gasteiger partial charge >= 0.3 is 0 Å². The molecule has 0 aliphatic heterocycles. The van der Waals surface area contributed by atoms with E-state index in [1.165, 1.54) is 0 Å². The highest BCUT2D eigenvalue weighted by atomic mass is 16.5. The second kappa shape index (κ2) is 12.4. The molecule has 36 heavy (non-hydrogen) atoms. The second-order valence-electron chi connectivity index (χ2n) is 8.98. The lowest BCUT2D eigenvalue weighted by Crippen LogP contribution is -2.34. The van der Waals surface area contributed by atoms with Gasteiger partial charge in [0.15, 0.2) is 0 Å². The standard InChI is InChI=1S/C30H35N3O3/c1-4-18-33(21-25(34)19-23-12-7-5-8-13-23)22-28-29(24-14-9-6-10-15-24)31-32(2)30(28)36-27-17-11-16-26(20-27)35-3/h5-17,20,25,34H,4,18-19,21-22H2,1-3H3/t25-/m0/s1. The molecule has 6 nitrogen and oxygen atoms in total. The molecule has 4 rings (SSSR count). The summed E-state index contributed by atoms with van der Waals surface area (Å²) >= 11 is 0. The fourth-order valence-corrected chi connectivity index (χ4v) is 4.45. The molecule has 0 aliphatic carbocycles. The van der Waals surface area contributed by atoms with Crippen LogP contribution in [-0.4, -0.2) is 46.1 Å². The third-order valence-corrected chi connectivity index (χ3v) is 6.10. The summed E-state index contributed by atoms with van der Waals surface area (Å²) in [7, 11) is 3.55. The Morgan fingerprint density at radius 2 is 1.64 bits per heavy atom. The Balaban J connectivity index is 1.64. The summed E-state index contributed by atoms with van der Waals surface area (Å²) in [6.45, 7) is 4.18. The maximum atomic E-state index is 10.9. The van der Waals surface area contributed by atoms with Crippen molar-refractivity contribution in [2.45, 2.75) is 32.4 Å². The molecule has 0 fully saturated rings. The van der Waals surface area contributed by atoms with Crippen molar-refractivity contribution in [3.8, 4) is 28.6 Å². The molecular formula is C30H35N3O3. The fraction of sp³-hybridized carbons (Fsp3) is 0.300. The lowest BCUT2D eigenvalue weighted by Gasteiger charge is -2.25. The fourth-order valence-electron chi connectivity index (χ4n) is 4.45. The van der Waals surface area contributed by atoms with Crippen LogP contribution in [0.15, 0.2) is 84.9 Å². The lowest BCUT2D eigenvalue weighted by molar-refractivity contribution is 0.108. The lowest BCUT2D eigenvalue weighted by atomic mass is 10.1. The van der Waals surface area contributed by atoms with Gasteiger partial charge < -0.3 is 14.6 Å². The molecule has 0 saturated heterocycles. The van der Waals surface area contributed by atoms with Gasteiger partial charge in [0.05, 0.1) is 18.8 Å². The van der Waals surface area contributed by atoms with E-state index in [0.717, 1.165) is 41.1 Å². The molecule has 1 atom stereocenters. The van der Waals surface area contributed by atoms with Crippen molar-refractivity contribution in [1.29, 1.82) is 0 Å². The van der Waals surface area contributed by atoms with Gasteiger partial charge in [0, 0.05) is 31.8 Å². The first-order chi connectivity index (χ1) is 17.6. The van der Waals surface area contributed by atoms with Crippen molar-refractivity contribution in [2.24, 2.45) is 7.05 Å². The maximum Gasteiger partial charge on any atom is 0.222 e. The average Bonchev–Trinajstić information content (AvgIpc) is 3.20. The van der Waals surface area contributed by atoms with Crippen LogP contribution in [0.3, 0.4) is 0 Å². The Kier molecular flexibility index (Phi) is 8.76. The van der Waals surface area contributed by atoms with E-state index in [9.17, 15) is 5.11 Å². The second-order valence-corrected chi connectivity index (χ2v) is 8.98. The smallest absolute Gasteiger partial charge is 0.222 e. The molecule has 0 saturated carbocycles. The Labute approximate surface area is 213 Å². The van der Waals surface area contributed by atoms with Crippen LogP contribution < -0.4 is 9.47 Å². The van der Waals surface area contributed by atoms with Crippen molar-refractivity contribution in [2.75, 3.05) is 20.2 Å². The third kappa shape index (κ3) is 6.53. The molecular weight excluding hydrogens is 450 g/mol. The van der Waals surface area contributed by atoms with Crippen molar-refractivity contribution in [3.63, 3.8) is 0 Å². The van der Waals surface area contributed by atoms with Gasteiger partial charge in [0.1, 0.15) is 17.2 Å². The summed E-state index contributed by atoms with van der Waals surface area (Å²) < 4.78 is 13.6. The van der Waals surface area contributed by atoms with E-state index in [4.69, 9.17) is 14.6 Å². The van der Waals surface area contributed by atoms with Crippen LogP contribution >= 0.6 is 0 Å². The number of ether oxygens (including phenoxy) is 2. The summed E-state index contributed by atoms with van der Waals surface area (Å²) in [6.07, 6.45) is 1.12. The highest BCUT2D eigenvalue weighted by molar-refractivity contribution is 5.65. The van der Waals surface area contributed by atoms with Crippen LogP contribution in [0.2, 0.25) is 0 Å². The molecule has 0 aliphatic rings. The number of aryl methyl sites for hydroxylation is 1. The van der Waals surface area contributed by atoms with Gasteiger partial charge in [-0.2, -0.15) is 5.10 Å². The van der Waals surface area contributed by atoms with E-state index < -0.39 is 6.10 Å². The van der Waals surface area contributed by atoms with E-state index in [1.54, 1.807) is 11.8 Å². The van der Waals surface area contributed by atoms with Crippen LogP contribution in [0, 0.1) is 0 Å². The predicted octanol–water partition coefficient (Wildman–Crippen LogP) is 5.70. The molecule has 0 radical (unpaired) electrons. The summed E-state index contributed by atoms with van der Waals surface area (Å²) in [6, 6.07) is 27.9. The van der Waals surface area contributed by atoms with E-state index in [0.29, 0.717) is 31.1 Å². The van der Waals surface area contributed by atoms with E-state index >= 15 is 0 Å². The zero-order valence-corrected chi connectivity index (χ0v) is 21.3. The molecule has 4 aromatic rings.